The van der Waals surface area contributed by atoms with Crippen molar-refractivity contribution in [2.24, 2.45) is 0 Å². The van der Waals surface area contributed by atoms with E-state index in [1.807, 2.05) is 24.7 Å². The Bertz CT molecular complexity index is 272. The van der Waals surface area contributed by atoms with E-state index >= 15 is 0 Å². The van der Waals surface area contributed by atoms with Gasteiger partial charge in [-0.15, -0.1) is 0 Å². The lowest BCUT2D eigenvalue weighted by atomic mass is 10.2. The third-order valence-electron chi connectivity index (χ3n) is 2.34. The van der Waals surface area contributed by atoms with Crippen molar-refractivity contribution in [1.82, 2.24) is 0 Å². The van der Waals surface area contributed by atoms with Crippen LogP contribution in [0.1, 0.15) is 5.56 Å². The molecule has 0 fully saturated rings. The number of hydrogen-bond donors (Lipinski definition) is 0. The fraction of sp³-hybridized carbons (Fsp3) is 0.455. The van der Waals surface area contributed by atoms with Gasteiger partial charge in [0.1, 0.15) is 0 Å². The second-order valence-corrected chi connectivity index (χ2v) is 6.18. The molecule has 1 rings (SSSR count). The van der Waals surface area contributed by atoms with E-state index in [9.17, 15) is 0 Å². The molecule has 0 saturated carbocycles. The van der Waals surface area contributed by atoms with E-state index in [-0.39, 0.29) is 0 Å². The van der Waals surface area contributed by atoms with Gasteiger partial charge in [-0.25, -0.2) is 0 Å². The molecule has 1 aromatic rings. The summed E-state index contributed by atoms with van der Waals surface area (Å²) < 4.78 is 16.1. The van der Waals surface area contributed by atoms with Gasteiger partial charge in [0.15, 0.2) is 0 Å². The molecule has 4 heteroatoms. The third kappa shape index (κ3) is 4.13. The Kier molecular flexibility index (Phi) is 4.97. The second kappa shape index (κ2) is 6.02. The molecule has 0 unspecified atom stereocenters. The van der Waals surface area contributed by atoms with E-state index in [0.717, 1.165) is 6.42 Å². The molecule has 0 aliphatic carbocycles. The molecule has 0 radical (unpaired) electrons. The third-order valence-corrected chi connectivity index (χ3v) is 4.55. The highest BCUT2D eigenvalue weighted by Gasteiger charge is 2.31. The van der Waals surface area contributed by atoms with E-state index < -0.39 is 8.80 Å². The summed E-state index contributed by atoms with van der Waals surface area (Å²) in [4.78, 5) is 0. The molecule has 0 spiro atoms. The summed E-state index contributed by atoms with van der Waals surface area (Å²) in [5.41, 5.74) is 1.26. The van der Waals surface area contributed by atoms with Crippen molar-refractivity contribution in [3.63, 3.8) is 0 Å². The van der Waals surface area contributed by atoms with E-state index in [4.69, 9.17) is 13.3 Å². The first-order valence-electron chi connectivity index (χ1n) is 4.98. The first-order valence-corrected chi connectivity index (χ1v) is 7.21. The van der Waals surface area contributed by atoms with Crippen molar-refractivity contribution in [3.8, 4) is 0 Å². The molecule has 0 aliphatic rings. The van der Waals surface area contributed by atoms with Crippen molar-refractivity contribution in [2.45, 2.75) is 13.0 Å². The van der Waals surface area contributed by atoms with Crippen molar-refractivity contribution < 1.29 is 13.3 Å². The maximum absolute atomic E-state index is 5.63. The fourth-order valence-corrected chi connectivity index (χ4v) is 2.08. The Hall–Kier alpha value is -0.683. The highest BCUT2D eigenvalue weighted by molar-refractivity contribution is 6.59. The monoisotopic (exact) mass is 226 g/mol. The summed E-state index contributed by atoms with van der Waals surface area (Å²) in [7, 11) is 0.895. The summed E-state index contributed by atoms with van der Waals surface area (Å²) in [6, 6.07) is 10.2. The van der Waals surface area contributed by atoms with E-state index in [1.54, 1.807) is 14.2 Å². The van der Waals surface area contributed by atoms with Gasteiger partial charge < -0.3 is 13.3 Å². The van der Waals surface area contributed by atoms with Gasteiger partial charge >= 0.3 is 8.80 Å². The quantitative estimate of drug-likeness (QED) is 0.695. The molecule has 0 amide bonds. The van der Waals surface area contributed by atoms with Gasteiger partial charge in [-0.05, 0) is 12.0 Å². The van der Waals surface area contributed by atoms with Crippen LogP contribution in [0, 0.1) is 0 Å². The van der Waals surface area contributed by atoms with Gasteiger partial charge in [-0.3, -0.25) is 0 Å². The molecular formula is C11H18O3Si. The zero-order valence-electron chi connectivity index (χ0n) is 9.53. The van der Waals surface area contributed by atoms with Gasteiger partial charge in [0.2, 0.25) is 0 Å². The van der Waals surface area contributed by atoms with Gasteiger partial charge in [-0.2, -0.15) is 0 Å². The minimum absolute atomic E-state index is 0.633. The Morgan fingerprint density at radius 3 is 2.20 bits per heavy atom. The van der Waals surface area contributed by atoms with Gasteiger partial charge in [0.05, 0.1) is 0 Å². The summed E-state index contributed by atoms with van der Waals surface area (Å²) in [5, 5.41) is 0. The van der Waals surface area contributed by atoms with Gasteiger partial charge in [0.25, 0.3) is 0 Å². The average molecular weight is 226 g/mol. The Balaban J connectivity index is 2.33. The van der Waals surface area contributed by atoms with E-state index in [0.29, 0.717) is 6.61 Å². The van der Waals surface area contributed by atoms with Crippen molar-refractivity contribution in [1.29, 1.82) is 0 Å². The Labute approximate surface area is 92.3 Å². The predicted molar refractivity (Wildman–Crippen MR) is 61.7 cm³/mol. The zero-order valence-corrected chi connectivity index (χ0v) is 10.5. The first kappa shape index (κ1) is 12.4. The van der Waals surface area contributed by atoms with Crippen LogP contribution in [-0.2, 0) is 19.7 Å². The van der Waals surface area contributed by atoms with Crippen LogP contribution >= 0.6 is 0 Å². The van der Waals surface area contributed by atoms with Gasteiger partial charge in [-0.1, -0.05) is 30.3 Å². The molecular weight excluding hydrogens is 208 g/mol. The smallest absolute Gasteiger partial charge is 0.377 e. The standard InChI is InChI=1S/C11H18O3Si/c1-12-15(3,13-2)14-10-9-11-7-5-4-6-8-11/h4-8H,9-10H2,1-3H3. The molecule has 15 heavy (non-hydrogen) atoms. The van der Waals surface area contributed by atoms with Gasteiger partial charge in [0, 0.05) is 27.4 Å². The largest absolute Gasteiger partial charge is 0.497 e. The van der Waals surface area contributed by atoms with E-state index in [2.05, 4.69) is 12.1 Å². The van der Waals surface area contributed by atoms with E-state index in [1.165, 1.54) is 5.56 Å². The molecule has 0 aromatic heterocycles. The summed E-state index contributed by atoms with van der Waals surface area (Å²) in [5.74, 6) is 0. The Morgan fingerprint density at radius 2 is 1.67 bits per heavy atom. The van der Waals surface area contributed by atoms with Crippen LogP contribution in [0.25, 0.3) is 0 Å². The van der Waals surface area contributed by atoms with Crippen LogP contribution in [0.5, 0.6) is 0 Å². The molecule has 0 heterocycles. The molecule has 0 N–H and O–H groups in total. The van der Waals surface area contributed by atoms with Crippen molar-refractivity contribution in [3.05, 3.63) is 35.9 Å². The minimum atomic E-state index is -2.35. The van der Waals surface area contributed by atoms with Crippen LogP contribution in [0.3, 0.4) is 0 Å². The maximum Gasteiger partial charge on any atom is 0.497 e. The number of benzene rings is 1. The highest BCUT2D eigenvalue weighted by Crippen LogP contribution is 2.07. The average Bonchev–Trinajstić information content (AvgIpc) is 2.30. The second-order valence-electron chi connectivity index (χ2n) is 3.35. The van der Waals surface area contributed by atoms with Crippen molar-refractivity contribution >= 4 is 8.80 Å². The molecule has 1 aromatic carbocycles. The molecule has 0 atom stereocenters. The summed E-state index contributed by atoms with van der Waals surface area (Å²) >= 11 is 0. The van der Waals surface area contributed by atoms with Crippen LogP contribution in [0.2, 0.25) is 6.55 Å². The predicted octanol–water partition coefficient (Wildman–Crippen LogP) is 2.11. The molecule has 0 saturated heterocycles. The first-order chi connectivity index (χ1) is 7.20. The topological polar surface area (TPSA) is 27.7 Å². The minimum Gasteiger partial charge on any atom is -0.377 e. The number of rotatable bonds is 6. The van der Waals surface area contributed by atoms with Crippen molar-refractivity contribution in [2.75, 3.05) is 20.8 Å². The SMILES string of the molecule is CO[Si](C)(OC)OCCc1ccccc1. The summed E-state index contributed by atoms with van der Waals surface area (Å²) in [6.45, 7) is 2.52. The zero-order chi connectivity index (χ0) is 11.1. The number of hydrogen-bond acceptors (Lipinski definition) is 3. The van der Waals surface area contributed by atoms with Crippen LogP contribution in [0.4, 0.5) is 0 Å². The lowest BCUT2D eigenvalue weighted by Gasteiger charge is -2.21. The lowest BCUT2D eigenvalue weighted by molar-refractivity contribution is 0.107. The molecule has 84 valence electrons. The molecule has 3 nitrogen and oxygen atoms in total. The van der Waals surface area contributed by atoms with Crippen LogP contribution in [-0.4, -0.2) is 29.6 Å². The highest BCUT2D eigenvalue weighted by atomic mass is 28.4. The van der Waals surface area contributed by atoms with Crippen LogP contribution in [0.15, 0.2) is 30.3 Å². The maximum atomic E-state index is 5.63. The fourth-order valence-electron chi connectivity index (χ4n) is 1.20. The Morgan fingerprint density at radius 1 is 1.07 bits per heavy atom. The lowest BCUT2D eigenvalue weighted by Crippen LogP contribution is -2.40. The normalized spacial score (nSPS) is 11.7. The molecule has 0 bridgehead atoms. The molecule has 0 aliphatic heterocycles. The summed E-state index contributed by atoms with van der Waals surface area (Å²) in [6.07, 6.45) is 0.885. The van der Waals surface area contributed by atoms with Crippen LogP contribution < -0.4 is 0 Å².